The molecule has 36 heavy (non-hydrogen) atoms. The number of fused-ring (bicyclic) bond motifs is 2. The van der Waals surface area contributed by atoms with Crippen molar-refractivity contribution >= 4 is 11.6 Å². The highest BCUT2D eigenvalue weighted by Crippen LogP contribution is 2.61. The second-order valence-electron chi connectivity index (χ2n) is 9.64. The predicted octanol–water partition coefficient (Wildman–Crippen LogP) is 5.12. The Balaban J connectivity index is 1.25. The molecule has 1 N–H and O–H groups in total. The number of carboxylic acids is 1. The van der Waals surface area contributed by atoms with Crippen LogP contribution in [0.25, 0.3) is 16.8 Å². The van der Waals surface area contributed by atoms with Crippen LogP contribution in [0.4, 0.5) is 8.78 Å². The van der Waals surface area contributed by atoms with Gasteiger partial charge in [0, 0.05) is 53.3 Å². The third-order valence-corrected chi connectivity index (χ3v) is 7.56. The summed E-state index contributed by atoms with van der Waals surface area (Å²) >= 11 is 0. The Kier molecular flexibility index (Phi) is 5.43. The van der Waals surface area contributed by atoms with Crippen LogP contribution in [-0.4, -0.2) is 37.0 Å². The molecule has 3 unspecified atom stereocenters. The lowest BCUT2D eigenvalue weighted by Crippen LogP contribution is -2.09. The Bertz CT molecular complexity index is 1440. The Labute approximate surface area is 205 Å². The number of hydrogen-bond donors (Lipinski definition) is 1. The van der Waals surface area contributed by atoms with Gasteiger partial charge in [0.2, 0.25) is 0 Å². The number of para-hydroxylation sites is 1. The molecule has 0 aliphatic heterocycles. The molecule has 0 amide bonds. The van der Waals surface area contributed by atoms with Crippen LogP contribution in [0.5, 0.6) is 5.75 Å². The molecule has 2 aliphatic carbocycles. The molecule has 0 radical (unpaired) electrons. The minimum atomic E-state index is -2.89. The van der Waals surface area contributed by atoms with Crippen molar-refractivity contribution in [2.75, 3.05) is 0 Å². The molecule has 4 atom stereocenters. The number of halogens is 2. The summed E-state index contributed by atoms with van der Waals surface area (Å²) in [6.07, 6.45) is 7.62. The summed E-state index contributed by atoms with van der Waals surface area (Å²) < 4.78 is 32.4. The molecule has 2 fully saturated rings. The number of hydrogen-bond acceptors (Lipinski definition) is 5. The molecule has 3 heterocycles. The molecule has 7 nitrogen and oxygen atoms in total. The van der Waals surface area contributed by atoms with Crippen molar-refractivity contribution in [2.45, 2.75) is 38.7 Å². The van der Waals surface area contributed by atoms with Crippen molar-refractivity contribution in [3.8, 4) is 16.9 Å². The minimum Gasteiger partial charge on any atom is -0.481 e. The Morgan fingerprint density at radius 1 is 1.11 bits per heavy atom. The molecule has 6 rings (SSSR count). The van der Waals surface area contributed by atoms with E-state index in [0.29, 0.717) is 12.0 Å². The zero-order chi connectivity index (χ0) is 25.0. The van der Waals surface area contributed by atoms with Crippen LogP contribution in [0.2, 0.25) is 0 Å². The lowest BCUT2D eigenvalue weighted by molar-refractivity contribution is -0.139. The summed E-state index contributed by atoms with van der Waals surface area (Å²) in [6, 6.07) is 10.7. The zero-order valence-corrected chi connectivity index (χ0v) is 19.5. The number of alkyl halides is 2. The molecule has 2 saturated carbocycles. The van der Waals surface area contributed by atoms with E-state index in [-0.39, 0.29) is 29.4 Å². The van der Waals surface area contributed by atoms with Crippen molar-refractivity contribution in [2.24, 2.45) is 17.8 Å². The number of aliphatic carboxylic acids is 1. The van der Waals surface area contributed by atoms with Gasteiger partial charge in [-0.1, -0.05) is 18.2 Å². The summed E-state index contributed by atoms with van der Waals surface area (Å²) in [5.74, 6) is 0.788. The highest BCUT2D eigenvalue weighted by Gasteiger charge is 2.60. The van der Waals surface area contributed by atoms with Crippen molar-refractivity contribution in [3.05, 3.63) is 77.8 Å². The van der Waals surface area contributed by atoms with Crippen LogP contribution in [0.3, 0.4) is 0 Å². The number of pyridine rings is 1. The van der Waals surface area contributed by atoms with E-state index in [9.17, 15) is 18.7 Å². The lowest BCUT2D eigenvalue weighted by atomic mass is 9.99. The SMILES string of the molecule is Cc1nc2ccc(-c3cnc(C4CC5C(C(=O)O)[C@@H]5C4)nc3)cn2c1Cc1ccccc1OC(F)F. The van der Waals surface area contributed by atoms with Crippen molar-refractivity contribution in [1.29, 1.82) is 0 Å². The third kappa shape index (κ3) is 3.98. The van der Waals surface area contributed by atoms with E-state index in [1.807, 2.05) is 29.7 Å². The van der Waals surface area contributed by atoms with Gasteiger partial charge >= 0.3 is 12.6 Å². The fourth-order valence-corrected chi connectivity index (χ4v) is 5.75. The summed E-state index contributed by atoms with van der Waals surface area (Å²) in [5.41, 5.74) is 4.86. The number of ether oxygens (including phenoxy) is 1. The number of carboxylic acid groups (broad SMARTS) is 1. The first-order valence-electron chi connectivity index (χ1n) is 11.9. The molecule has 0 saturated heterocycles. The molecule has 9 heteroatoms. The molecule has 0 spiro atoms. The largest absolute Gasteiger partial charge is 0.481 e. The van der Waals surface area contributed by atoms with Crippen LogP contribution >= 0.6 is 0 Å². The number of aromatic nitrogens is 4. The molecular weight excluding hydrogens is 466 g/mol. The number of nitrogens with zero attached hydrogens (tertiary/aromatic N) is 4. The van der Waals surface area contributed by atoms with E-state index < -0.39 is 12.6 Å². The van der Waals surface area contributed by atoms with Gasteiger partial charge in [0.25, 0.3) is 0 Å². The summed E-state index contributed by atoms with van der Waals surface area (Å²) in [5, 5.41) is 9.23. The van der Waals surface area contributed by atoms with Crippen LogP contribution in [0.15, 0.2) is 55.0 Å². The molecule has 1 aromatic carbocycles. The number of aryl methyl sites for hydroxylation is 1. The monoisotopic (exact) mass is 490 g/mol. The summed E-state index contributed by atoms with van der Waals surface area (Å²) in [7, 11) is 0. The predicted molar refractivity (Wildman–Crippen MR) is 127 cm³/mol. The maximum atomic E-state index is 12.9. The van der Waals surface area contributed by atoms with Gasteiger partial charge in [-0.25, -0.2) is 15.0 Å². The maximum Gasteiger partial charge on any atom is 0.387 e. The Morgan fingerprint density at radius 2 is 1.83 bits per heavy atom. The van der Waals surface area contributed by atoms with Crippen LogP contribution < -0.4 is 4.74 Å². The number of imidazole rings is 1. The zero-order valence-electron chi connectivity index (χ0n) is 19.5. The quantitative estimate of drug-likeness (QED) is 0.387. The molecule has 4 aromatic rings. The van der Waals surface area contributed by atoms with E-state index in [0.717, 1.165) is 46.8 Å². The Morgan fingerprint density at radius 3 is 2.53 bits per heavy atom. The lowest BCUT2D eigenvalue weighted by Gasteiger charge is -2.13. The first kappa shape index (κ1) is 22.6. The van der Waals surface area contributed by atoms with Crippen molar-refractivity contribution in [1.82, 2.24) is 19.4 Å². The molecule has 0 bridgehead atoms. The number of rotatable bonds is 7. The molecule has 2 aliphatic rings. The van der Waals surface area contributed by atoms with Gasteiger partial charge in [-0.05, 0) is 49.8 Å². The topological polar surface area (TPSA) is 89.6 Å². The first-order valence-corrected chi connectivity index (χ1v) is 11.9. The number of benzene rings is 1. The van der Waals surface area contributed by atoms with Crippen molar-refractivity contribution < 1.29 is 23.4 Å². The second-order valence-corrected chi connectivity index (χ2v) is 9.64. The highest BCUT2D eigenvalue weighted by molar-refractivity contribution is 5.74. The average molecular weight is 491 g/mol. The van der Waals surface area contributed by atoms with Crippen LogP contribution in [0.1, 0.15) is 41.5 Å². The van der Waals surface area contributed by atoms with Gasteiger partial charge < -0.3 is 14.2 Å². The smallest absolute Gasteiger partial charge is 0.387 e. The summed E-state index contributed by atoms with van der Waals surface area (Å²) in [4.78, 5) is 25.1. The fourth-order valence-electron chi connectivity index (χ4n) is 5.75. The van der Waals surface area contributed by atoms with Gasteiger partial charge in [-0.3, -0.25) is 4.79 Å². The Hall–Kier alpha value is -3.88. The second kappa shape index (κ2) is 8.65. The number of carbonyl (C=O) groups is 1. The standard InChI is InChI=1S/C27H24F2N4O3/c1-14-21(10-15-4-2-3-5-22(15)36-27(28)29)33-13-16(6-7-23(33)32-14)18-11-30-25(31-12-18)17-8-19-20(9-17)24(19)26(34)35/h2-7,11-13,17,19-20,24,27H,8-10H2,1H3,(H,34,35)/t17?,19-,20?,24?/m1/s1. The van der Waals surface area contributed by atoms with E-state index >= 15 is 0 Å². The normalized spacial score (nSPS) is 22.7. The van der Waals surface area contributed by atoms with E-state index in [1.165, 1.54) is 0 Å². The van der Waals surface area contributed by atoms with Crippen molar-refractivity contribution in [3.63, 3.8) is 0 Å². The van der Waals surface area contributed by atoms with Gasteiger partial charge in [-0.2, -0.15) is 8.78 Å². The van der Waals surface area contributed by atoms with Gasteiger partial charge in [0.05, 0.1) is 11.6 Å². The van der Waals surface area contributed by atoms with E-state index in [4.69, 9.17) is 4.74 Å². The maximum absolute atomic E-state index is 12.9. The third-order valence-electron chi connectivity index (χ3n) is 7.56. The highest BCUT2D eigenvalue weighted by atomic mass is 19.3. The summed E-state index contributed by atoms with van der Waals surface area (Å²) in [6.45, 7) is -0.991. The van der Waals surface area contributed by atoms with Gasteiger partial charge in [0.1, 0.15) is 17.2 Å². The fraction of sp³-hybridized carbons (Fsp3) is 0.333. The minimum absolute atomic E-state index is 0.154. The van der Waals surface area contributed by atoms with Gasteiger partial charge in [0.15, 0.2) is 0 Å². The van der Waals surface area contributed by atoms with Crippen LogP contribution in [0, 0.1) is 24.7 Å². The van der Waals surface area contributed by atoms with Crippen LogP contribution in [-0.2, 0) is 11.2 Å². The van der Waals surface area contributed by atoms with Gasteiger partial charge in [-0.15, -0.1) is 0 Å². The molecule has 3 aromatic heterocycles. The first-order chi connectivity index (χ1) is 17.4. The molecular formula is C27H24F2N4O3. The van der Waals surface area contributed by atoms with E-state index in [2.05, 4.69) is 15.0 Å². The van der Waals surface area contributed by atoms with E-state index in [1.54, 1.807) is 36.7 Å². The molecule has 184 valence electrons. The average Bonchev–Trinajstić information content (AvgIpc) is 3.21.